The SMILES string of the molecule is CN1CCCc2ccc(S(=O)(=O)NC(=O)c3ccc(-n4cnc5ccccc54)nc3)cc21. The smallest absolute Gasteiger partial charge is 0.266 e. The van der Waals surface area contributed by atoms with Crippen molar-refractivity contribution >= 4 is 32.7 Å². The van der Waals surface area contributed by atoms with Crippen LogP contribution in [0.1, 0.15) is 22.3 Å². The molecule has 0 saturated heterocycles. The quantitative estimate of drug-likeness (QED) is 0.517. The van der Waals surface area contributed by atoms with E-state index in [-0.39, 0.29) is 10.5 Å². The van der Waals surface area contributed by atoms with Gasteiger partial charge in [0.15, 0.2) is 0 Å². The summed E-state index contributed by atoms with van der Waals surface area (Å²) >= 11 is 0. The second-order valence-corrected chi connectivity index (χ2v) is 9.44. The van der Waals surface area contributed by atoms with E-state index in [9.17, 15) is 13.2 Å². The number of aryl methyl sites for hydroxylation is 1. The number of nitrogens with one attached hydrogen (secondary N) is 1. The fourth-order valence-electron chi connectivity index (χ4n) is 3.95. The second-order valence-electron chi connectivity index (χ2n) is 7.76. The van der Waals surface area contributed by atoms with E-state index < -0.39 is 15.9 Å². The summed E-state index contributed by atoms with van der Waals surface area (Å²) in [5.74, 6) is -0.151. The number of nitrogens with zero attached hydrogens (tertiary/aromatic N) is 4. The number of carbonyl (C=O) groups is 1. The van der Waals surface area contributed by atoms with Gasteiger partial charge in [-0.1, -0.05) is 18.2 Å². The van der Waals surface area contributed by atoms with Crippen molar-refractivity contribution in [3.63, 3.8) is 0 Å². The van der Waals surface area contributed by atoms with E-state index in [1.807, 2.05) is 42.3 Å². The van der Waals surface area contributed by atoms with Gasteiger partial charge in [0.1, 0.15) is 12.1 Å². The van der Waals surface area contributed by atoms with Crippen LogP contribution in [0.5, 0.6) is 0 Å². The van der Waals surface area contributed by atoms with Crippen LogP contribution in [0.4, 0.5) is 5.69 Å². The molecule has 2 aromatic heterocycles. The number of carbonyl (C=O) groups excluding carboxylic acids is 1. The molecule has 1 aliphatic rings. The van der Waals surface area contributed by atoms with Crippen LogP contribution in [0.3, 0.4) is 0 Å². The molecule has 0 radical (unpaired) electrons. The number of rotatable bonds is 4. The van der Waals surface area contributed by atoms with Crippen molar-refractivity contribution in [3.05, 3.63) is 78.2 Å². The van der Waals surface area contributed by atoms with E-state index in [2.05, 4.69) is 14.7 Å². The maximum absolute atomic E-state index is 12.8. The number of sulfonamides is 1. The number of anilines is 1. The highest BCUT2D eigenvalue weighted by Crippen LogP contribution is 2.28. The number of hydrogen-bond acceptors (Lipinski definition) is 6. The lowest BCUT2D eigenvalue weighted by Crippen LogP contribution is -2.31. The van der Waals surface area contributed by atoms with Crippen LogP contribution in [-0.4, -0.2) is 42.5 Å². The van der Waals surface area contributed by atoms with Crippen molar-refractivity contribution in [3.8, 4) is 5.82 Å². The molecular formula is C23H21N5O3S. The van der Waals surface area contributed by atoms with Gasteiger partial charge in [-0.05, 0) is 54.8 Å². The van der Waals surface area contributed by atoms with E-state index in [0.717, 1.165) is 41.7 Å². The normalized spacial score (nSPS) is 13.7. The summed E-state index contributed by atoms with van der Waals surface area (Å²) < 4.78 is 29.6. The standard InChI is InChI=1S/C23H21N5O3S/c1-27-12-4-5-16-8-10-18(13-21(16)27)32(30,31)26-23(29)17-9-11-22(24-14-17)28-15-25-19-6-2-3-7-20(19)28/h2-3,6-11,13-15H,4-5,12H2,1H3,(H,26,29). The Bertz CT molecular complexity index is 1430. The van der Waals surface area contributed by atoms with Crippen molar-refractivity contribution in [2.75, 3.05) is 18.5 Å². The maximum Gasteiger partial charge on any atom is 0.266 e. The fourth-order valence-corrected chi connectivity index (χ4v) is 4.94. The van der Waals surface area contributed by atoms with Gasteiger partial charge in [0.05, 0.1) is 21.5 Å². The minimum atomic E-state index is -4.02. The van der Waals surface area contributed by atoms with Crippen LogP contribution in [0, 0.1) is 0 Å². The van der Waals surface area contributed by atoms with Crippen LogP contribution in [0.15, 0.2) is 72.0 Å². The Morgan fingerprint density at radius 2 is 1.91 bits per heavy atom. The Morgan fingerprint density at radius 3 is 2.72 bits per heavy atom. The molecule has 8 nitrogen and oxygen atoms in total. The third-order valence-electron chi connectivity index (χ3n) is 5.66. The third kappa shape index (κ3) is 3.60. The minimum Gasteiger partial charge on any atom is -0.374 e. The summed E-state index contributed by atoms with van der Waals surface area (Å²) in [6, 6.07) is 15.8. The molecule has 3 heterocycles. The maximum atomic E-state index is 12.8. The molecule has 5 rings (SSSR count). The van der Waals surface area contributed by atoms with Crippen molar-refractivity contribution in [2.45, 2.75) is 17.7 Å². The molecule has 0 atom stereocenters. The van der Waals surface area contributed by atoms with E-state index in [4.69, 9.17) is 0 Å². The van der Waals surface area contributed by atoms with E-state index in [0.29, 0.717) is 5.82 Å². The first-order valence-corrected chi connectivity index (χ1v) is 11.7. The highest BCUT2D eigenvalue weighted by molar-refractivity contribution is 7.90. The van der Waals surface area contributed by atoms with Crippen LogP contribution in [0.2, 0.25) is 0 Å². The molecule has 0 aliphatic carbocycles. The first-order chi connectivity index (χ1) is 15.4. The molecule has 0 fully saturated rings. The fraction of sp³-hybridized carbons (Fsp3) is 0.174. The number of imidazole rings is 1. The van der Waals surface area contributed by atoms with Crippen LogP contribution in [0.25, 0.3) is 16.9 Å². The van der Waals surface area contributed by atoms with Gasteiger partial charge >= 0.3 is 0 Å². The lowest BCUT2D eigenvalue weighted by atomic mass is 10.0. The second kappa shape index (κ2) is 7.76. The molecule has 162 valence electrons. The van der Waals surface area contributed by atoms with Crippen molar-refractivity contribution < 1.29 is 13.2 Å². The molecule has 0 unspecified atom stereocenters. The van der Waals surface area contributed by atoms with Gasteiger partial charge < -0.3 is 4.90 Å². The first kappa shape index (κ1) is 20.2. The average molecular weight is 448 g/mol. The molecular weight excluding hydrogens is 426 g/mol. The molecule has 1 amide bonds. The molecule has 32 heavy (non-hydrogen) atoms. The van der Waals surface area contributed by atoms with Gasteiger partial charge in [-0.25, -0.2) is 23.1 Å². The van der Waals surface area contributed by atoms with Crippen molar-refractivity contribution in [1.82, 2.24) is 19.3 Å². The summed E-state index contributed by atoms with van der Waals surface area (Å²) in [5, 5.41) is 0. The Balaban J connectivity index is 1.37. The average Bonchev–Trinajstić information content (AvgIpc) is 3.23. The number of benzene rings is 2. The zero-order chi connectivity index (χ0) is 22.3. The topological polar surface area (TPSA) is 97.2 Å². The monoisotopic (exact) mass is 447 g/mol. The van der Waals surface area contributed by atoms with E-state index in [1.54, 1.807) is 35.2 Å². The van der Waals surface area contributed by atoms with Gasteiger partial charge in [0.25, 0.3) is 15.9 Å². The summed E-state index contributed by atoms with van der Waals surface area (Å²) in [4.78, 5) is 23.4. The number of hydrogen-bond donors (Lipinski definition) is 1. The van der Waals surface area contributed by atoms with Gasteiger partial charge in [-0.2, -0.15) is 0 Å². The van der Waals surface area contributed by atoms with Crippen molar-refractivity contribution in [1.29, 1.82) is 0 Å². The highest BCUT2D eigenvalue weighted by atomic mass is 32.2. The zero-order valence-electron chi connectivity index (χ0n) is 17.4. The van der Waals surface area contributed by atoms with E-state index in [1.165, 1.54) is 6.20 Å². The number of fused-ring (bicyclic) bond motifs is 2. The number of amides is 1. The largest absolute Gasteiger partial charge is 0.374 e. The predicted octanol–water partition coefficient (Wildman–Crippen LogP) is 2.92. The molecule has 1 aliphatic heterocycles. The Morgan fingerprint density at radius 1 is 1.06 bits per heavy atom. The predicted molar refractivity (Wildman–Crippen MR) is 122 cm³/mol. The molecule has 0 spiro atoms. The molecule has 4 aromatic rings. The van der Waals surface area contributed by atoms with Gasteiger partial charge in [0, 0.05) is 25.5 Å². The lowest BCUT2D eigenvalue weighted by molar-refractivity contribution is 0.0981. The summed E-state index contributed by atoms with van der Waals surface area (Å²) in [6.45, 7) is 0.868. The lowest BCUT2D eigenvalue weighted by Gasteiger charge is -2.27. The number of aromatic nitrogens is 3. The molecule has 1 N–H and O–H groups in total. The summed E-state index contributed by atoms with van der Waals surface area (Å²) in [5.41, 5.74) is 3.85. The Labute approximate surface area is 185 Å². The van der Waals surface area contributed by atoms with Gasteiger partial charge in [-0.15, -0.1) is 0 Å². The summed E-state index contributed by atoms with van der Waals surface area (Å²) in [6.07, 6.45) is 4.96. The van der Waals surface area contributed by atoms with Crippen molar-refractivity contribution in [2.24, 2.45) is 0 Å². The Kier molecular flexibility index (Phi) is 4.90. The summed E-state index contributed by atoms with van der Waals surface area (Å²) in [7, 11) is -2.08. The number of para-hydroxylation sites is 2. The minimum absolute atomic E-state index is 0.0628. The third-order valence-corrected chi connectivity index (χ3v) is 6.98. The van der Waals surface area contributed by atoms with Crippen LogP contribution >= 0.6 is 0 Å². The molecule has 9 heteroatoms. The van der Waals surface area contributed by atoms with Gasteiger partial charge in [-0.3, -0.25) is 9.36 Å². The first-order valence-electron chi connectivity index (χ1n) is 10.2. The molecule has 0 bridgehead atoms. The van der Waals surface area contributed by atoms with E-state index >= 15 is 0 Å². The number of pyridine rings is 1. The molecule has 2 aromatic carbocycles. The van der Waals surface area contributed by atoms with Crippen LogP contribution in [-0.2, 0) is 16.4 Å². The molecule has 0 saturated carbocycles. The van der Waals surface area contributed by atoms with Crippen LogP contribution < -0.4 is 9.62 Å². The highest BCUT2D eigenvalue weighted by Gasteiger charge is 2.22. The van der Waals surface area contributed by atoms with Gasteiger partial charge in [0.2, 0.25) is 0 Å². The zero-order valence-corrected chi connectivity index (χ0v) is 18.2. The Hall–Kier alpha value is -3.72.